The Morgan fingerprint density at radius 3 is 2.81 bits per heavy atom. The molecule has 1 N–H and O–H groups in total. The first-order valence-electron chi connectivity index (χ1n) is 6.81. The third-order valence-corrected chi connectivity index (χ3v) is 6.37. The Bertz CT molecular complexity index is 648. The minimum Gasteiger partial charge on any atom is -0.472 e. The second kappa shape index (κ2) is 7.22. The van der Waals surface area contributed by atoms with Gasteiger partial charge in [0.25, 0.3) is 10.0 Å². The lowest BCUT2D eigenvalue weighted by molar-refractivity contribution is 0.465. The van der Waals surface area contributed by atoms with Crippen LogP contribution in [0.25, 0.3) is 0 Å². The van der Waals surface area contributed by atoms with E-state index in [1.807, 2.05) is 6.07 Å². The molecule has 0 saturated heterocycles. The predicted molar refractivity (Wildman–Crippen MR) is 83.7 cm³/mol. The van der Waals surface area contributed by atoms with Crippen molar-refractivity contribution in [1.82, 2.24) is 9.62 Å². The van der Waals surface area contributed by atoms with E-state index in [2.05, 4.69) is 12.2 Å². The van der Waals surface area contributed by atoms with Gasteiger partial charge in [-0.1, -0.05) is 6.92 Å². The highest BCUT2D eigenvalue weighted by atomic mass is 32.2. The molecular formula is C14H20N2O3S2. The maximum atomic E-state index is 12.5. The molecule has 0 radical (unpaired) electrons. The van der Waals surface area contributed by atoms with Crippen molar-refractivity contribution in [1.29, 1.82) is 0 Å². The summed E-state index contributed by atoms with van der Waals surface area (Å²) in [5.74, 6) is 0. The van der Waals surface area contributed by atoms with Crippen molar-refractivity contribution in [3.63, 3.8) is 0 Å². The molecule has 0 fully saturated rings. The lowest BCUT2D eigenvalue weighted by Gasteiger charge is -2.14. The van der Waals surface area contributed by atoms with Crippen molar-refractivity contribution in [2.75, 3.05) is 13.6 Å². The van der Waals surface area contributed by atoms with Gasteiger partial charge in [-0.25, -0.2) is 8.42 Å². The molecule has 0 saturated carbocycles. The number of nitrogens with zero attached hydrogens (tertiary/aromatic N) is 1. The van der Waals surface area contributed by atoms with Crippen molar-refractivity contribution in [3.05, 3.63) is 41.2 Å². The van der Waals surface area contributed by atoms with Crippen LogP contribution in [0.3, 0.4) is 0 Å². The van der Waals surface area contributed by atoms with Gasteiger partial charge < -0.3 is 9.73 Å². The lowest BCUT2D eigenvalue weighted by atomic mass is 10.3. The van der Waals surface area contributed by atoms with Crippen molar-refractivity contribution in [2.24, 2.45) is 0 Å². The van der Waals surface area contributed by atoms with Crippen LogP contribution in [0.2, 0.25) is 0 Å². The Morgan fingerprint density at radius 1 is 1.33 bits per heavy atom. The van der Waals surface area contributed by atoms with Gasteiger partial charge in [-0.2, -0.15) is 4.31 Å². The molecule has 0 bridgehead atoms. The molecule has 0 aromatic carbocycles. The first-order valence-corrected chi connectivity index (χ1v) is 9.06. The van der Waals surface area contributed by atoms with Crippen LogP contribution in [0.1, 0.15) is 23.8 Å². The van der Waals surface area contributed by atoms with Crippen LogP contribution < -0.4 is 5.32 Å². The van der Waals surface area contributed by atoms with E-state index in [0.29, 0.717) is 17.3 Å². The fourth-order valence-corrected chi connectivity index (χ4v) is 4.55. The second-order valence-corrected chi connectivity index (χ2v) is 8.23. The number of thiophene rings is 1. The summed E-state index contributed by atoms with van der Waals surface area (Å²) in [6.07, 6.45) is 4.16. The maximum Gasteiger partial charge on any atom is 0.252 e. The zero-order chi connectivity index (χ0) is 15.3. The molecule has 7 heteroatoms. The van der Waals surface area contributed by atoms with E-state index in [9.17, 15) is 8.42 Å². The van der Waals surface area contributed by atoms with Gasteiger partial charge >= 0.3 is 0 Å². The van der Waals surface area contributed by atoms with Gasteiger partial charge in [0, 0.05) is 30.6 Å². The van der Waals surface area contributed by atoms with E-state index in [1.54, 1.807) is 31.7 Å². The Balaban J connectivity index is 2.04. The van der Waals surface area contributed by atoms with E-state index in [4.69, 9.17) is 4.42 Å². The molecule has 0 atom stereocenters. The fourth-order valence-electron chi connectivity index (χ4n) is 1.86. The largest absolute Gasteiger partial charge is 0.472 e. The standard InChI is InChI=1S/C14H20N2O3S2/c1-3-7-15-9-13-4-5-14(20-13)21(17,18)16(2)10-12-6-8-19-11-12/h4-6,8,11,15H,3,7,9-10H2,1-2H3. The van der Waals surface area contributed by atoms with Gasteiger partial charge in [0.2, 0.25) is 0 Å². The van der Waals surface area contributed by atoms with Crippen LogP contribution in [-0.4, -0.2) is 26.3 Å². The molecule has 2 aromatic rings. The van der Waals surface area contributed by atoms with Crippen molar-refractivity contribution in [3.8, 4) is 0 Å². The molecule has 0 aliphatic carbocycles. The first kappa shape index (κ1) is 16.2. The summed E-state index contributed by atoms with van der Waals surface area (Å²) in [5.41, 5.74) is 0.836. The topological polar surface area (TPSA) is 62.6 Å². The van der Waals surface area contributed by atoms with Crippen molar-refractivity contribution < 1.29 is 12.8 Å². The molecule has 2 rings (SSSR count). The quantitative estimate of drug-likeness (QED) is 0.757. The third-order valence-electron chi connectivity index (χ3n) is 3.01. The molecule has 0 unspecified atom stereocenters. The molecule has 2 heterocycles. The van der Waals surface area contributed by atoms with Crippen LogP contribution in [0.4, 0.5) is 0 Å². The fraction of sp³-hybridized carbons (Fsp3) is 0.429. The Hall–Kier alpha value is -1.15. The van der Waals surface area contributed by atoms with Crippen LogP contribution >= 0.6 is 11.3 Å². The van der Waals surface area contributed by atoms with E-state index >= 15 is 0 Å². The van der Waals surface area contributed by atoms with E-state index in [-0.39, 0.29) is 0 Å². The first-order chi connectivity index (χ1) is 10.0. The zero-order valence-electron chi connectivity index (χ0n) is 12.2. The minimum absolute atomic E-state index is 0.306. The van der Waals surface area contributed by atoms with Crippen LogP contribution in [-0.2, 0) is 23.1 Å². The molecule has 5 nitrogen and oxygen atoms in total. The van der Waals surface area contributed by atoms with Crippen LogP contribution in [0.15, 0.2) is 39.4 Å². The van der Waals surface area contributed by atoms with Crippen molar-refractivity contribution in [2.45, 2.75) is 30.6 Å². The monoisotopic (exact) mass is 328 g/mol. The number of rotatable bonds is 8. The van der Waals surface area contributed by atoms with Crippen molar-refractivity contribution >= 4 is 21.4 Å². The summed E-state index contributed by atoms with van der Waals surface area (Å²) < 4.78 is 31.7. The highest BCUT2D eigenvalue weighted by Gasteiger charge is 2.23. The Kier molecular flexibility index (Phi) is 5.58. The van der Waals surface area contributed by atoms with E-state index < -0.39 is 10.0 Å². The summed E-state index contributed by atoms with van der Waals surface area (Å²) in [6.45, 7) is 4.04. The molecular weight excluding hydrogens is 308 g/mol. The molecule has 116 valence electrons. The normalized spacial score (nSPS) is 12.1. The van der Waals surface area contributed by atoms with Gasteiger partial charge in [-0.3, -0.25) is 0 Å². The number of nitrogens with one attached hydrogen (secondary N) is 1. The molecule has 0 aliphatic heterocycles. The molecule has 21 heavy (non-hydrogen) atoms. The highest BCUT2D eigenvalue weighted by Crippen LogP contribution is 2.25. The zero-order valence-corrected chi connectivity index (χ0v) is 13.8. The van der Waals surface area contributed by atoms with Crippen LogP contribution in [0.5, 0.6) is 0 Å². The number of hydrogen-bond acceptors (Lipinski definition) is 5. The predicted octanol–water partition coefficient (Wildman–Crippen LogP) is 2.66. The van der Waals surface area contributed by atoms with Gasteiger partial charge in [0.05, 0.1) is 12.5 Å². The average Bonchev–Trinajstić information content (AvgIpc) is 3.10. The van der Waals surface area contributed by atoms with Gasteiger partial charge in [0.15, 0.2) is 0 Å². The smallest absolute Gasteiger partial charge is 0.252 e. The van der Waals surface area contributed by atoms with Gasteiger partial charge in [-0.05, 0) is 31.2 Å². The second-order valence-electron chi connectivity index (χ2n) is 4.79. The maximum absolute atomic E-state index is 12.5. The lowest BCUT2D eigenvalue weighted by Crippen LogP contribution is -2.25. The molecule has 0 aliphatic rings. The molecule has 0 amide bonds. The molecule has 0 spiro atoms. The molecule has 2 aromatic heterocycles. The van der Waals surface area contributed by atoms with E-state index in [0.717, 1.165) is 23.4 Å². The summed E-state index contributed by atoms with van der Waals surface area (Å²) in [6, 6.07) is 5.31. The van der Waals surface area contributed by atoms with E-state index in [1.165, 1.54) is 15.6 Å². The van der Waals surface area contributed by atoms with Gasteiger partial charge in [0.1, 0.15) is 4.21 Å². The number of hydrogen-bond donors (Lipinski definition) is 1. The summed E-state index contributed by atoms with van der Waals surface area (Å²) >= 11 is 1.32. The van der Waals surface area contributed by atoms with Gasteiger partial charge in [-0.15, -0.1) is 11.3 Å². The summed E-state index contributed by atoms with van der Waals surface area (Å²) in [5, 5.41) is 3.27. The Morgan fingerprint density at radius 2 is 2.14 bits per heavy atom. The highest BCUT2D eigenvalue weighted by molar-refractivity contribution is 7.91. The Labute approximate surface area is 129 Å². The minimum atomic E-state index is -3.44. The summed E-state index contributed by atoms with van der Waals surface area (Å²) in [7, 11) is -1.86. The number of sulfonamides is 1. The SMILES string of the molecule is CCCNCc1ccc(S(=O)(=O)N(C)Cc2ccoc2)s1. The van der Waals surface area contributed by atoms with Crippen LogP contribution in [0, 0.1) is 0 Å². The summed E-state index contributed by atoms with van der Waals surface area (Å²) in [4.78, 5) is 1.03. The average molecular weight is 328 g/mol. The number of furan rings is 1. The third kappa shape index (κ3) is 4.16.